The van der Waals surface area contributed by atoms with E-state index >= 15 is 0 Å². The lowest BCUT2D eigenvalue weighted by Gasteiger charge is -2.21. The lowest BCUT2D eigenvalue weighted by Crippen LogP contribution is -2.29. The van der Waals surface area contributed by atoms with E-state index in [0.29, 0.717) is 29.6 Å². The van der Waals surface area contributed by atoms with Crippen LogP contribution in [0.15, 0.2) is 6.07 Å². The Kier molecular flexibility index (Phi) is 4.16. The van der Waals surface area contributed by atoms with E-state index in [1.807, 2.05) is 11.8 Å². The largest absolute Gasteiger partial charge is 0.377 e. The van der Waals surface area contributed by atoms with Crippen LogP contribution in [0, 0.1) is 10.1 Å². The Bertz CT molecular complexity index is 500. The molecular weight excluding hydrogens is 268 g/mol. The number of hydrogen-bond acceptors (Lipinski definition) is 6. The number of nitrogens with zero attached hydrogens (tertiary/aromatic N) is 2. The van der Waals surface area contributed by atoms with Crippen LogP contribution in [-0.2, 0) is 4.74 Å². The first-order chi connectivity index (χ1) is 8.99. The molecule has 0 amide bonds. The number of ketones is 1. The maximum Gasteiger partial charge on any atom is 0.304 e. The van der Waals surface area contributed by atoms with Gasteiger partial charge in [-0.1, -0.05) is 0 Å². The van der Waals surface area contributed by atoms with Crippen LogP contribution in [0.4, 0.5) is 10.7 Å². The molecule has 1 aromatic rings. The van der Waals surface area contributed by atoms with Crippen molar-refractivity contribution in [3.8, 4) is 0 Å². The highest BCUT2D eigenvalue weighted by Crippen LogP contribution is 2.38. The Hall–Kier alpha value is -1.47. The summed E-state index contributed by atoms with van der Waals surface area (Å²) in [7, 11) is 0. The summed E-state index contributed by atoms with van der Waals surface area (Å²) in [4.78, 5) is 24.5. The molecule has 0 spiro atoms. The van der Waals surface area contributed by atoms with E-state index in [-0.39, 0.29) is 17.6 Å². The zero-order valence-corrected chi connectivity index (χ0v) is 11.7. The molecule has 1 atom stereocenters. The average Bonchev–Trinajstić information content (AvgIpc) is 2.68. The van der Waals surface area contributed by atoms with E-state index in [4.69, 9.17) is 4.74 Å². The molecule has 2 rings (SSSR count). The third kappa shape index (κ3) is 3.10. The molecule has 6 nitrogen and oxygen atoms in total. The lowest BCUT2D eigenvalue weighted by molar-refractivity contribution is -0.383. The minimum atomic E-state index is -0.422. The fourth-order valence-corrected chi connectivity index (χ4v) is 3.14. The number of carbonyl (C=O) groups excluding carboxylic acids is 1. The van der Waals surface area contributed by atoms with Crippen molar-refractivity contribution in [3.05, 3.63) is 21.1 Å². The fourth-order valence-electron chi connectivity index (χ4n) is 2.08. The molecule has 0 saturated carbocycles. The molecule has 0 aromatic carbocycles. The molecule has 1 unspecified atom stereocenters. The number of carbonyl (C=O) groups is 1. The number of nitro groups is 1. The lowest BCUT2D eigenvalue weighted by atomic mass is 10.3. The van der Waals surface area contributed by atoms with Gasteiger partial charge in [0.2, 0.25) is 0 Å². The Balaban J connectivity index is 2.36. The molecule has 0 bridgehead atoms. The summed E-state index contributed by atoms with van der Waals surface area (Å²) in [5.41, 5.74) is 0.0179. The maximum atomic E-state index is 11.4. The molecule has 0 aliphatic carbocycles. The van der Waals surface area contributed by atoms with Crippen LogP contribution in [0.3, 0.4) is 0 Å². The van der Waals surface area contributed by atoms with Crippen LogP contribution >= 0.6 is 11.3 Å². The van der Waals surface area contributed by atoms with E-state index in [1.54, 1.807) is 0 Å². The van der Waals surface area contributed by atoms with Gasteiger partial charge in [-0.25, -0.2) is 0 Å². The number of anilines is 1. The van der Waals surface area contributed by atoms with E-state index in [9.17, 15) is 14.9 Å². The molecular formula is C12H16N2O4S. The second kappa shape index (κ2) is 5.66. The second-order valence-electron chi connectivity index (χ2n) is 4.60. The van der Waals surface area contributed by atoms with Crippen LogP contribution in [0.2, 0.25) is 0 Å². The van der Waals surface area contributed by atoms with Crippen LogP contribution in [0.1, 0.15) is 29.9 Å². The van der Waals surface area contributed by atoms with Crippen molar-refractivity contribution in [2.75, 3.05) is 24.6 Å². The predicted octanol–water partition coefficient (Wildman–Crippen LogP) is 2.47. The Morgan fingerprint density at radius 1 is 1.63 bits per heavy atom. The van der Waals surface area contributed by atoms with Crippen LogP contribution in [0.5, 0.6) is 0 Å². The number of rotatable bonds is 3. The zero-order chi connectivity index (χ0) is 14.0. The molecule has 1 aromatic heterocycles. The average molecular weight is 284 g/mol. The summed E-state index contributed by atoms with van der Waals surface area (Å²) in [6.07, 6.45) is 0.861. The SMILES string of the molecule is CC(=O)c1cc([N+](=O)[O-])c(N2CCCOC(C)C2)s1. The minimum Gasteiger partial charge on any atom is -0.377 e. The van der Waals surface area contributed by atoms with Crippen molar-refractivity contribution < 1.29 is 14.5 Å². The highest BCUT2D eigenvalue weighted by molar-refractivity contribution is 7.18. The third-order valence-corrected chi connectivity index (χ3v) is 4.26. The Labute approximate surface area is 115 Å². The van der Waals surface area contributed by atoms with Gasteiger partial charge in [-0.3, -0.25) is 14.9 Å². The summed E-state index contributed by atoms with van der Waals surface area (Å²) in [5.74, 6) is -0.140. The van der Waals surface area contributed by atoms with Gasteiger partial charge >= 0.3 is 5.69 Å². The first-order valence-electron chi connectivity index (χ1n) is 6.14. The van der Waals surface area contributed by atoms with Gasteiger partial charge in [-0.15, -0.1) is 11.3 Å². The highest BCUT2D eigenvalue weighted by atomic mass is 32.1. The van der Waals surface area contributed by atoms with E-state index in [1.165, 1.54) is 24.3 Å². The third-order valence-electron chi connectivity index (χ3n) is 2.98. The zero-order valence-electron chi connectivity index (χ0n) is 10.9. The number of thiophene rings is 1. The summed E-state index contributed by atoms with van der Waals surface area (Å²) in [6.45, 7) is 5.36. The Morgan fingerprint density at radius 2 is 2.37 bits per heavy atom. The molecule has 7 heteroatoms. The molecule has 0 radical (unpaired) electrons. The first kappa shape index (κ1) is 14.0. The topological polar surface area (TPSA) is 72.7 Å². The summed E-state index contributed by atoms with van der Waals surface area (Å²) in [5, 5.41) is 11.7. The quantitative estimate of drug-likeness (QED) is 0.484. The van der Waals surface area contributed by atoms with E-state index in [2.05, 4.69) is 0 Å². The molecule has 1 fully saturated rings. The van der Waals surface area contributed by atoms with Crippen LogP contribution in [0.25, 0.3) is 0 Å². The first-order valence-corrected chi connectivity index (χ1v) is 6.96. The van der Waals surface area contributed by atoms with Crippen molar-refractivity contribution in [1.82, 2.24) is 0 Å². The number of hydrogen-bond donors (Lipinski definition) is 0. The summed E-state index contributed by atoms with van der Waals surface area (Å²) >= 11 is 1.19. The highest BCUT2D eigenvalue weighted by Gasteiger charge is 2.27. The molecule has 0 N–H and O–H groups in total. The van der Waals surface area contributed by atoms with Crippen molar-refractivity contribution in [1.29, 1.82) is 0 Å². The molecule has 19 heavy (non-hydrogen) atoms. The van der Waals surface area contributed by atoms with Crippen LogP contribution < -0.4 is 4.90 Å². The fraction of sp³-hybridized carbons (Fsp3) is 0.583. The van der Waals surface area contributed by atoms with Gasteiger partial charge in [0.05, 0.1) is 15.9 Å². The van der Waals surface area contributed by atoms with Gasteiger partial charge < -0.3 is 9.64 Å². The van der Waals surface area contributed by atoms with Crippen molar-refractivity contribution in [2.24, 2.45) is 0 Å². The predicted molar refractivity (Wildman–Crippen MR) is 73.2 cm³/mol. The number of Topliss-reactive ketones (excluding diaryl/α,β-unsaturated/α-hetero) is 1. The van der Waals surface area contributed by atoms with Gasteiger partial charge in [-0.05, 0) is 20.3 Å². The molecule has 1 saturated heterocycles. The molecule has 104 valence electrons. The van der Waals surface area contributed by atoms with Gasteiger partial charge in [0.1, 0.15) is 0 Å². The number of ether oxygens (including phenoxy) is 1. The van der Waals surface area contributed by atoms with E-state index in [0.717, 1.165) is 6.42 Å². The smallest absolute Gasteiger partial charge is 0.304 e. The van der Waals surface area contributed by atoms with Crippen molar-refractivity contribution in [3.63, 3.8) is 0 Å². The minimum absolute atomic E-state index is 0.0179. The van der Waals surface area contributed by atoms with Gasteiger partial charge in [0.15, 0.2) is 10.8 Å². The van der Waals surface area contributed by atoms with Gasteiger partial charge in [0.25, 0.3) is 0 Å². The standard InChI is InChI=1S/C12H16N2O4S/c1-8-7-13(4-3-5-18-8)12-10(14(16)17)6-11(19-12)9(2)15/h6,8H,3-5,7H2,1-2H3. The van der Waals surface area contributed by atoms with Crippen LogP contribution in [-0.4, -0.2) is 36.5 Å². The Morgan fingerprint density at radius 3 is 3.00 bits per heavy atom. The van der Waals surface area contributed by atoms with Crippen molar-refractivity contribution >= 4 is 27.8 Å². The van der Waals surface area contributed by atoms with Gasteiger partial charge in [0, 0.05) is 25.8 Å². The van der Waals surface area contributed by atoms with Crippen molar-refractivity contribution in [2.45, 2.75) is 26.4 Å². The monoisotopic (exact) mass is 284 g/mol. The normalized spacial score (nSPS) is 20.1. The second-order valence-corrected chi connectivity index (χ2v) is 5.63. The molecule has 2 heterocycles. The van der Waals surface area contributed by atoms with E-state index < -0.39 is 4.92 Å². The molecule has 1 aliphatic rings. The van der Waals surface area contributed by atoms with Gasteiger partial charge in [-0.2, -0.15) is 0 Å². The maximum absolute atomic E-state index is 11.4. The summed E-state index contributed by atoms with van der Waals surface area (Å²) < 4.78 is 5.54. The molecule has 1 aliphatic heterocycles. The summed E-state index contributed by atoms with van der Waals surface area (Å²) in [6, 6.07) is 1.37.